The maximum Gasteiger partial charge on any atom is 0.322 e. The summed E-state index contributed by atoms with van der Waals surface area (Å²) in [5, 5.41) is 17.1. The molecule has 0 saturated carbocycles. The molecule has 3 N–H and O–H groups in total. The predicted molar refractivity (Wildman–Crippen MR) is 109 cm³/mol. The second kappa shape index (κ2) is 9.71. The minimum absolute atomic E-state index is 0.163. The highest BCUT2D eigenvalue weighted by molar-refractivity contribution is 5.92. The first-order valence-corrected chi connectivity index (χ1v) is 9.63. The van der Waals surface area contributed by atoms with Crippen LogP contribution in [0.3, 0.4) is 0 Å². The van der Waals surface area contributed by atoms with E-state index in [1.54, 1.807) is 12.1 Å². The molecule has 11 nitrogen and oxygen atoms in total. The Labute approximate surface area is 174 Å². The van der Waals surface area contributed by atoms with Crippen molar-refractivity contribution < 1.29 is 14.0 Å². The monoisotopic (exact) mass is 412 g/mol. The number of hydrogen-bond acceptors (Lipinski definition) is 8. The zero-order valence-corrected chi connectivity index (χ0v) is 16.9. The van der Waals surface area contributed by atoms with Crippen molar-refractivity contribution in [1.29, 1.82) is 5.26 Å². The van der Waals surface area contributed by atoms with E-state index in [9.17, 15) is 14.9 Å². The van der Waals surface area contributed by atoms with Crippen molar-refractivity contribution in [1.82, 2.24) is 25.5 Å². The third-order valence-corrected chi connectivity index (χ3v) is 4.65. The number of nitriles is 1. The molecule has 3 amide bonds. The maximum atomic E-state index is 11.7. The number of pyridine rings is 1. The molecule has 2 aromatic rings. The van der Waals surface area contributed by atoms with E-state index in [4.69, 9.17) is 4.42 Å². The van der Waals surface area contributed by atoms with E-state index in [0.29, 0.717) is 26.2 Å². The van der Waals surface area contributed by atoms with Gasteiger partial charge in [0.25, 0.3) is 5.91 Å². The lowest BCUT2D eigenvalue weighted by Crippen LogP contribution is -2.46. The first-order chi connectivity index (χ1) is 14.5. The van der Waals surface area contributed by atoms with Crippen molar-refractivity contribution in [2.24, 2.45) is 0 Å². The zero-order chi connectivity index (χ0) is 21.5. The van der Waals surface area contributed by atoms with Crippen LogP contribution in [0.1, 0.15) is 28.8 Å². The molecule has 1 aliphatic heterocycles. The Hall–Kier alpha value is -3.65. The minimum Gasteiger partial charge on any atom is -0.432 e. The molecule has 3 rings (SSSR count). The van der Waals surface area contributed by atoms with E-state index in [1.165, 1.54) is 13.3 Å². The SMILES string of the molecule is CCNC(=O)Nc1nc(CN2CCN(c3ccc(C(=O)NC)nc3C#N)CC2)co1. The van der Waals surface area contributed by atoms with Gasteiger partial charge in [0.05, 0.1) is 11.4 Å². The fourth-order valence-corrected chi connectivity index (χ4v) is 3.16. The topological polar surface area (TPSA) is 139 Å². The van der Waals surface area contributed by atoms with Crippen molar-refractivity contribution in [3.63, 3.8) is 0 Å². The van der Waals surface area contributed by atoms with Crippen molar-refractivity contribution in [3.8, 4) is 6.07 Å². The Bertz CT molecular complexity index is 943. The number of hydrogen-bond donors (Lipinski definition) is 3. The number of piperazine rings is 1. The number of carbonyl (C=O) groups is 2. The summed E-state index contributed by atoms with van der Waals surface area (Å²) in [5.41, 5.74) is 1.91. The van der Waals surface area contributed by atoms with Crippen LogP contribution in [0.15, 0.2) is 22.8 Å². The first-order valence-electron chi connectivity index (χ1n) is 9.63. The number of amides is 3. The molecule has 0 unspecified atom stereocenters. The van der Waals surface area contributed by atoms with Gasteiger partial charge >= 0.3 is 12.0 Å². The summed E-state index contributed by atoms with van der Waals surface area (Å²) >= 11 is 0. The number of carbonyl (C=O) groups excluding carboxylic acids is 2. The van der Waals surface area contributed by atoms with Crippen LogP contribution in [-0.4, -0.2) is 66.6 Å². The molecule has 0 spiro atoms. The lowest BCUT2D eigenvalue weighted by molar-refractivity contribution is 0.0958. The van der Waals surface area contributed by atoms with E-state index in [1.807, 2.05) is 6.92 Å². The van der Waals surface area contributed by atoms with E-state index < -0.39 is 0 Å². The van der Waals surface area contributed by atoms with Crippen LogP contribution in [-0.2, 0) is 6.54 Å². The van der Waals surface area contributed by atoms with Gasteiger partial charge < -0.3 is 20.0 Å². The normalized spacial score (nSPS) is 14.1. The van der Waals surface area contributed by atoms with Gasteiger partial charge in [0, 0.05) is 46.3 Å². The largest absolute Gasteiger partial charge is 0.432 e. The third kappa shape index (κ3) is 5.03. The number of aromatic nitrogens is 2. The number of nitrogens with one attached hydrogen (secondary N) is 3. The van der Waals surface area contributed by atoms with Gasteiger partial charge in [-0.05, 0) is 19.1 Å². The number of rotatable bonds is 6. The number of nitrogens with zero attached hydrogens (tertiary/aromatic N) is 5. The predicted octanol–water partition coefficient (Wildman–Crippen LogP) is 0.764. The molecule has 1 aliphatic rings. The summed E-state index contributed by atoms with van der Waals surface area (Å²) in [6, 6.07) is 5.28. The van der Waals surface area contributed by atoms with Crippen LogP contribution in [0, 0.1) is 11.3 Å². The van der Waals surface area contributed by atoms with Gasteiger partial charge in [-0.1, -0.05) is 0 Å². The molecule has 1 saturated heterocycles. The molecule has 0 atom stereocenters. The second-order valence-corrected chi connectivity index (χ2v) is 6.65. The lowest BCUT2D eigenvalue weighted by atomic mass is 10.2. The van der Waals surface area contributed by atoms with Gasteiger partial charge in [-0.3, -0.25) is 15.0 Å². The average Bonchev–Trinajstić information content (AvgIpc) is 3.20. The summed E-state index contributed by atoms with van der Waals surface area (Å²) in [7, 11) is 1.52. The van der Waals surface area contributed by atoms with E-state index >= 15 is 0 Å². The Morgan fingerprint density at radius 1 is 1.23 bits per heavy atom. The zero-order valence-electron chi connectivity index (χ0n) is 16.9. The molecule has 30 heavy (non-hydrogen) atoms. The summed E-state index contributed by atoms with van der Waals surface area (Å²) in [6.45, 7) is 5.86. The fraction of sp³-hybridized carbons (Fsp3) is 0.421. The van der Waals surface area contributed by atoms with Crippen LogP contribution < -0.4 is 20.9 Å². The maximum absolute atomic E-state index is 11.7. The highest BCUT2D eigenvalue weighted by atomic mass is 16.4. The van der Waals surface area contributed by atoms with Crippen LogP contribution in [0.5, 0.6) is 0 Å². The van der Waals surface area contributed by atoms with E-state index in [0.717, 1.165) is 24.5 Å². The van der Waals surface area contributed by atoms with Crippen LogP contribution in [0.2, 0.25) is 0 Å². The molecule has 0 aliphatic carbocycles. The first kappa shape index (κ1) is 21.1. The summed E-state index contributed by atoms with van der Waals surface area (Å²) in [4.78, 5) is 36.0. The Balaban J connectivity index is 1.57. The quantitative estimate of drug-likeness (QED) is 0.632. The molecule has 0 aromatic carbocycles. The number of oxazole rings is 1. The second-order valence-electron chi connectivity index (χ2n) is 6.65. The molecule has 158 valence electrons. The standard InChI is InChI=1S/C19H24N8O3/c1-3-22-18(29)25-19-23-13(12-30-19)11-26-6-8-27(9-7-26)16-5-4-14(17(28)21-2)24-15(16)10-20/h4-5,12H,3,6-9,11H2,1-2H3,(H,21,28)(H2,22,23,25,29). The van der Waals surface area contributed by atoms with Gasteiger partial charge in [-0.2, -0.15) is 10.2 Å². The molecule has 0 bridgehead atoms. The summed E-state index contributed by atoms with van der Waals surface area (Å²) < 4.78 is 5.29. The van der Waals surface area contributed by atoms with Crippen molar-refractivity contribution in [2.75, 3.05) is 50.0 Å². The molecule has 11 heteroatoms. The van der Waals surface area contributed by atoms with E-state index in [-0.39, 0.29) is 29.3 Å². The molecule has 1 fully saturated rings. The van der Waals surface area contributed by atoms with Crippen molar-refractivity contribution in [2.45, 2.75) is 13.5 Å². The molecular weight excluding hydrogens is 388 g/mol. The molecule has 2 aromatic heterocycles. The number of anilines is 2. The van der Waals surface area contributed by atoms with Gasteiger partial charge in [0.2, 0.25) is 0 Å². The van der Waals surface area contributed by atoms with Crippen LogP contribution in [0.25, 0.3) is 0 Å². The Morgan fingerprint density at radius 2 is 2.00 bits per heavy atom. The smallest absolute Gasteiger partial charge is 0.322 e. The van der Waals surface area contributed by atoms with Crippen molar-refractivity contribution >= 4 is 23.6 Å². The van der Waals surface area contributed by atoms with Gasteiger partial charge in [-0.15, -0.1) is 0 Å². The molecular formula is C19H24N8O3. The van der Waals surface area contributed by atoms with Crippen LogP contribution in [0.4, 0.5) is 16.5 Å². The highest BCUT2D eigenvalue weighted by Gasteiger charge is 2.22. The third-order valence-electron chi connectivity index (χ3n) is 4.65. The van der Waals surface area contributed by atoms with Crippen molar-refractivity contribution in [3.05, 3.63) is 35.5 Å². The molecule has 0 radical (unpaired) electrons. The van der Waals surface area contributed by atoms with Gasteiger partial charge in [-0.25, -0.2) is 9.78 Å². The fourth-order valence-electron chi connectivity index (χ4n) is 3.16. The minimum atomic E-state index is -0.358. The van der Waals surface area contributed by atoms with E-state index in [2.05, 4.69) is 41.8 Å². The number of urea groups is 1. The Morgan fingerprint density at radius 3 is 2.67 bits per heavy atom. The summed E-state index contributed by atoms with van der Waals surface area (Å²) in [6.07, 6.45) is 1.53. The molecule has 3 heterocycles. The highest BCUT2D eigenvalue weighted by Crippen LogP contribution is 2.21. The summed E-state index contributed by atoms with van der Waals surface area (Å²) in [5.74, 6) is -0.323. The van der Waals surface area contributed by atoms with Gasteiger partial charge in [0.15, 0.2) is 5.69 Å². The average molecular weight is 412 g/mol. The van der Waals surface area contributed by atoms with Gasteiger partial charge in [0.1, 0.15) is 18.0 Å². The lowest BCUT2D eigenvalue weighted by Gasteiger charge is -2.35. The van der Waals surface area contributed by atoms with Crippen LogP contribution >= 0.6 is 0 Å². The Kier molecular flexibility index (Phi) is 6.82.